The van der Waals surface area contributed by atoms with Crippen molar-refractivity contribution in [2.24, 2.45) is 5.92 Å². The summed E-state index contributed by atoms with van der Waals surface area (Å²) in [7, 11) is 0. The van der Waals surface area contributed by atoms with Crippen molar-refractivity contribution in [3.63, 3.8) is 0 Å². The van der Waals surface area contributed by atoms with Crippen LogP contribution in [-0.2, 0) is 17.8 Å². The minimum atomic E-state index is -0.277. The van der Waals surface area contributed by atoms with Crippen molar-refractivity contribution in [3.05, 3.63) is 71.3 Å². The van der Waals surface area contributed by atoms with E-state index in [0.717, 1.165) is 30.5 Å². The van der Waals surface area contributed by atoms with Crippen LogP contribution >= 0.6 is 0 Å². The standard InChI is InChI=1S/C20H21F2NO/c21-18-9-6-17(7-10-18)14-23(13-16-4-5-16)20(24)11-8-15-2-1-3-19(22)12-15/h1-3,6-7,9-10,12,16H,4-5,8,11,13-14H2. The van der Waals surface area contributed by atoms with Crippen molar-refractivity contribution >= 4 is 5.91 Å². The van der Waals surface area contributed by atoms with Crippen LogP contribution in [0.15, 0.2) is 48.5 Å². The quantitative estimate of drug-likeness (QED) is 0.740. The van der Waals surface area contributed by atoms with Gasteiger partial charge in [0.1, 0.15) is 11.6 Å². The Morgan fingerprint density at radius 3 is 2.42 bits per heavy atom. The minimum Gasteiger partial charge on any atom is -0.338 e. The molecular weight excluding hydrogens is 308 g/mol. The van der Waals surface area contributed by atoms with E-state index in [0.29, 0.717) is 25.3 Å². The highest BCUT2D eigenvalue weighted by Gasteiger charge is 2.26. The summed E-state index contributed by atoms with van der Waals surface area (Å²) in [5.74, 6) is 0.102. The number of aryl methyl sites for hydroxylation is 1. The minimum absolute atomic E-state index is 0.0653. The maximum absolute atomic E-state index is 13.2. The van der Waals surface area contributed by atoms with E-state index in [2.05, 4.69) is 0 Å². The van der Waals surface area contributed by atoms with E-state index >= 15 is 0 Å². The van der Waals surface area contributed by atoms with Crippen molar-refractivity contribution in [1.29, 1.82) is 0 Å². The first-order valence-electron chi connectivity index (χ1n) is 8.37. The Morgan fingerprint density at radius 1 is 1.00 bits per heavy atom. The smallest absolute Gasteiger partial charge is 0.223 e. The molecule has 0 N–H and O–H groups in total. The van der Waals surface area contributed by atoms with Gasteiger partial charge in [-0.15, -0.1) is 0 Å². The molecule has 0 atom stereocenters. The fraction of sp³-hybridized carbons (Fsp3) is 0.350. The fourth-order valence-corrected chi connectivity index (χ4v) is 2.78. The number of hydrogen-bond acceptors (Lipinski definition) is 1. The largest absolute Gasteiger partial charge is 0.338 e. The van der Waals surface area contributed by atoms with Crippen LogP contribution in [0.25, 0.3) is 0 Å². The van der Waals surface area contributed by atoms with Gasteiger partial charge in [0.2, 0.25) is 5.91 Å². The van der Waals surface area contributed by atoms with E-state index in [9.17, 15) is 13.6 Å². The molecule has 1 aliphatic rings. The molecule has 4 heteroatoms. The first kappa shape index (κ1) is 16.6. The molecule has 0 unspecified atom stereocenters. The highest BCUT2D eigenvalue weighted by atomic mass is 19.1. The summed E-state index contributed by atoms with van der Waals surface area (Å²) in [4.78, 5) is 14.4. The lowest BCUT2D eigenvalue weighted by atomic mass is 10.1. The fourth-order valence-electron chi connectivity index (χ4n) is 2.78. The van der Waals surface area contributed by atoms with E-state index < -0.39 is 0 Å². The van der Waals surface area contributed by atoms with Gasteiger partial charge in [-0.3, -0.25) is 4.79 Å². The number of hydrogen-bond donors (Lipinski definition) is 0. The van der Waals surface area contributed by atoms with Gasteiger partial charge in [-0.25, -0.2) is 8.78 Å². The molecule has 0 heterocycles. The molecule has 0 spiro atoms. The van der Waals surface area contributed by atoms with Crippen LogP contribution in [0.4, 0.5) is 8.78 Å². The van der Waals surface area contributed by atoms with Crippen LogP contribution in [0, 0.1) is 17.6 Å². The molecule has 0 radical (unpaired) electrons. The van der Waals surface area contributed by atoms with Gasteiger partial charge in [0, 0.05) is 19.5 Å². The number of benzene rings is 2. The van der Waals surface area contributed by atoms with E-state index in [1.54, 1.807) is 18.2 Å². The predicted molar refractivity (Wildman–Crippen MR) is 89.3 cm³/mol. The molecule has 2 nitrogen and oxygen atoms in total. The summed E-state index contributed by atoms with van der Waals surface area (Å²) in [6.07, 6.45) is 3.22. The maximum Gasteiger partial charge on any atom is 0.223 e. The van der Waals surface area contributed by atoms with Crippen molar-refractivity contribution in [2.75, 3.05) is 6.54 Å². The van der Waals surface area contributed by atoms with Gasteiger partial charge in [-0.1, -0.05) is 24.3 Å². The molecule has 3 rings (SSSR count). The Labute approximate surface area is 141 Å². The summed E-state index contributed by atoms with van der Waals surface area (Å²) in [6.45, 7) is 1.25. The normalized spacial score (nSPS) is 13.8. The van der Waals surface area contributed by atoms with Crippen LogP contribution in [0.1, 0.15) is 30.4 Å². The number of carbonyl (C=O) groups excluding carboxylic acids is 1. The second-order valence-electron chi connectivity index (χ2n) is 6.47. The zero-order valence-electron chi connectivity index (χ0n) is 13.6. The monoisotopic (exact) mass is 329 g/mol. The van der Waals surface area contributed by atoms with E-state index in [4.69, 9.17) is 0 Å². The average molecular weight is 329 g/mol. The second kappa shape index (κ2) is 7.56. The first-order chi connectivity index (χ1) is 11.6. The topological polar surface area (TPSA) is 20.3 Å². The van der Waals surface area contributed by atoms with Gasteiger partial charge in [-0.05, 0) is 60.6 Å². The van der Waals surface area contributed by atoms with Crippen LogP contribution in [-0.4, -0.2) is 17.4 Å². The van der Waals surface area contributed by atoms with Crippen LogP contribution < -0.4 is 0 Å². The third kappa shape index (κ3) is 4.88. The number of nitrogens with zero attached hydrogens (tertiary/aromatic N) is 1. The van der Waals surface area contributed by atoms with Gasteiger partial charge >= 0.3 is 0 Å². The molecule has 1 fully saturated rings. The molecule has 0 aromatic heterocycles. The zero-order chi connectivity index (χ0) is 16.9. The molecule has 0 aliphatic heterocycles. The highest BCUT2D eigenvalue weighted by molar-refractivity contribution is 5.76. The molecule has 1 aliphatic carbocycles. The van der Waals surface area contributed by atoms with E-state index in [1.807, 2.05) is 11.0 Å². The SMILES string of the molecule is O=C(CCc1cccc(F)c1)N(Cc1ccc(F)cc1)CC1CC1. The third-order valence-electron chi connectivity index (χ3n) is 4.33. The van der Waals surface area contributed by atoms with Crippen molar-refractivity contribution in [1.82, 2.24) is 4.90 Å². The summed E-state index contributed by atoms with van der Waals surface area (Å²) < 4.78 is 26.3. The van der Waals surface area contributed by atoms with Crippen LogP contribution in [0.2, 0.25) is 0 Å². The number of halogens is 2. The summed E-state index contributed by atoms with van der Waals surface area (Å²) >= 11 is 0. The molecule has 0 saturated heterocycles. The van der Waals surface area contributed by atoms with Gasteiger partial charge in [0.05, 0.1) is 0 Å². The Kier molecular flexibility index (Phi) is 5.24. The van der Waals surface area contributed by atoms with E-state index in [1.165, 1.54) is 24.3 Å². The molecule has 126 valence electrons. The number of carbonyl (C=O) groups is 1. The number of amides is 1. The molecule has 2 aromatic carbocycles. The zero-order valence-corrected chi connectivity index (χ0v) is 13.6. The lowest BCUT2D eigenvalue weighted by Crippen LogP contribution is -2.32. The Balaban J connectivity index is 1.61. The molecule has 2 aromatic rings. The average Bonchev–Trinajstić information content (AvgIpc) is 3.38. The lowest BCUT2D eigenvalue weighted by molar-refractivity contribution is -0.132. The Hall–Kier alpha value is -2.23. The summed E-state index contributed by atoms with van der Waals surface area (Å²) in [5, 5.41) is 0. The van der Waals surface area contributed by atoms with Gasteiger partial charge < -0.3 is 4.90 Å². The maximum atomic E-state index is 13.2. The summed E-state index contributed by atoms with van der Waals surface area (Å²) in [6, 6.07) is 12.6. The molecule has 1 saturated carbocycles. The molecule has 0 bridgehead atoms. The van der Waals surface area contributed by atoms with Crippen molar-refractivity contribution in [3.8, 4) is 0 Å². The van der Waals surface area contributed by atoms with Crippen molar-refractivity contribution < 1.29 is 13.6 Å². The van der Waals surface area contributed by atoms with Crippen LogP contribution in [0.5, 0.6) is 0 Å². The third-order valence-corrected chi connectivity index (χ3v) is 4.33. The molecule has 24 heavy (non-hydrogen) atoms. The van der Waals surface area contributed by atoms with Gasteiger partial charge in [0.15, 0.2) is 0 Å². The highest BCUT2D eigenvalue weighted by Crippen LogP contribution is 2.30. The molecule has 1 amide bonds. The second-order valence-corrected chi connectivity index (χ2v) is 6.47. The predicted octanol–water partition coefficient (Wildman–Crippen LogP) is 4.34. The van der Waals surface area contributed by atoms with E-state index in [-0.39, 0.29) is 17.5 Å². The Morgan fingerprint density at radius 2 is 1.75 bits per heavy atom. The first-order valence-corrected chi connectivity index (χ1v) is 8.37. The van der Waals surface area contributed by atoms with Crippen molar-refractivity contribution in [2.45, 2.75) is 32.2 Å². The van der Waals surface area contributed by atoms with Gasteiger partial charge in [0.25, 0.3) is 0 Å². The van der Waals surface area contributed by atoms with Gasteiger partial charge in [-0.2, -0.15) is 0 Å². The Bertz CT molecular complexity index is 695. The number of rotatable bonds is 7. The van der Waals surface area contributed by atoms with Crippen LogP contribution in [0.3, 0.4) is 0 Å². The summed E-state index contributed by atoms with van der Waals surface area (Å²) in [5.41, 5.74) is 1.76. The lowest BCUT2D eigenvalue weighted by Gasteiger charge is -2.23. The molecular formula is C20H21F2NO.